The number of H-pyrrole nitrogens is 1. The van der Waals surface area contributed by atoms with Crippen molar-refractivity contribution in [3.63, 3.8) is 0 Å². The van der Waals surface area contributed by atoms with Crippen LogP contribution >= 0.6 is 11.6 Å². The van der Waals surface area contributed by atoms with Gasteiger partial charge in [0, 0.05) is 25.4 Å². The Morgan fingerprint density at radius 2 is 1.97 bits per heavy atom. The third kappa shape index (κ3) is 4.40. The van der Waals surface area contributed by atoms with Crippen LogP contribution in [-0.4, -0.2) is 25.5 Å². The number of rotatable bonds is 8. The number of nitrogens with zero attached hydrogens (tertiary/aromatic N) is 4. The molecule has 3 N–H and O–H groups in total. The largest absolute Gasteiger partial charge is 0.383 e. The van der Waals surface area contributed by atoms with E-state index in [0.29, 0.717) is 29.5 Å². The Hall–Kier alpha value is -3.07. The highest BCUT2D eigenvalue weighted by Gasteiger charge is 2.19. The highest BCUT2D eigenvalue weighted by atomic mass is 35.5. The molecule has 0 saturated heterocycles. The maximum atomic E-state index is 12.6. The molecule has 3 rings (SSSR count). The van der Waals surface area contributed by atoms with Gasteiger partial charge in [0.2, 0.25) is 0 Å². The summed E-state index contributed by atoms with van der Waals surface area (Å²) in [6, 6.07) is 4.72. The summed E-state index contributed by atoms with van der Waals surface area (Å²) in [4.78, 5) is 46.0. The molecule has 3 heterocycles. The first kappa shape index (κ1) is 21.6. The highest BCUT2D eigenvalue weighted by Crippen LogP contribution is 2.19. The van der Waals surface area contributed by atoms with E-state index in [1.165, 1.54) is 21.2 Å². The monoisotopic (exact) mass is 432 g/mol. The Kier molecular flexibility index (Phi) is 6.61. The number of halogens is 1. The molecule has 0 fully saturated rings. The topological polar surface area (TPSA) is 118 Å². The second-order valence-electron chi connectivity index (χ2n) is 7.08. The SMILES string of the molecule is CCCCn1c(N)c(N(CCC)Cc2cc(=O)n3cc(Cl)ccc3n2)c(=O)[nH]c1=O. The average Bonchev–Trinajstić information content (AvgIpc) is 2.68. The van der Waals surface area contributed by atoms with Gasteiger partial charge in [0.05, 0.1) is 17.3 Å². The molecule has 0 amide bonds. The molecule has 0 atom stereocenters. The number of aromatic amines is 1. The summed E-state index contributed by atoms with van der Waals surface area (Å²) in [6.07, 6.45) is 3.88. The van der Waals surface area contributed by atoms with Crippen molar-refractivity contribution in [2.75, 3.05) is 17.2 Å². The van der Waals surface area contributed by atoms with Gasteiger partial charge in [0.15, 0.2) is 0 Å². The summed E-state index contributed by atoms with van der Waals surface area (Å²) in [5, 5.41) is 0.431. The van der Waals surface area contributed by atoms with E-state index < -0.39 is 11.2 Å². The quantitative estimate of drug-likeness (QED) is 0.562. The molecular formula is C20H25ClN6O3. The molecule has 0 spiro atoms. The lowest BCUT2D eigenvalue weighted by Crippen LogP contribution is -2.39. The van der Waals surface area contributed by atoms with Gasteiger partial charge in [-0.2, -0.15) is 0 Å². The van der Waals surface area contributed by atoms with Crippen molar-refractivity contribution in [3.8, 4) is 0 Å². The Bertz CT molecular complexity index is 1230. The second-order valence-corrected chi connectivity index (χ2v) is 7.52. The van der Waals surface area contributed by atoms with Crippen LogP contribution in [0.3, 0.4) is 0 Å². The number of pyridine rings is 1. The Labute approximate surface area is 177 Å². The lowest BCUT2D eigenvalue weighted by atomic mass is 10.2. The van der Waals surface area contributed by atoms with E-state index in [-0.39, 0.29) is 23.6 Å². The van der Waals surface area contributed by atoms with Crippen LogP contribution in [0, 0.1) is 0 Å². The summed E-state index contributed by atoms with van der Waals surface area (Å²) in [5.41, 5.74) is 6.05. The van der Waals surface area contributed by atoms with Gasteiger partial charge in [0.1, 0.15) is 17.2 Å². The number of hydrogen-bond acceptors (Lipinski definition) is 6. The van der Waals surface area contributed by atoms with E-state index in [1.54, 1.807) is 17.0 Å². The molecule has 3 aromatic heterocycles. The van der Waals surface area contributed by atoms with Gasteiger partial charge in [-0.1, -0.05) is 31.9 Å². The van der Waals surface area contributed by atoms with Crippen molar-refractivity contribution in [2.24, 2.45) is 0 Å². The fourth-order valence-electron chi connectivity index (χ4n) is 3.36. The first-order chi connectivity index (χ1) is 14.3. The minimum Gasteiger partial charge on any atom is -0.383 e. The zero-order chi connectivity index (χ0) is 21.8. The molecule has 3 aromatic rings. The molecule has 0 unspecified atom stereocenters. The number of aromatic nitrogens is 4. The lowest BCUT2D eigenvalue weighted by molar-refractivity contribution is 0.601. The van der Waals surface area contributed by atoms with Crippen molar-refractivity contribution in [1.29, 1.82) is 0 Å². The fraction of sp³-hybridized carbons (Fsp3) is 0.400. The molecule has 0 aliphatic rings. The first-order valence-corrected chi connectivity index (χ1v) is 10.3. The van der Waals surface area contributed by atoms with E-state index in [9.17, 15) is 14.4 Å². The van der Waals surface area contributed by atoms with E-state index in [2.05, 4.69) is 9.97 Å². The molecule has 0 aliphatic heterocycles. The molecule has 30 heavy (non-hydrogen) atoms. The van der Waals surface area contributed by atoms with Crippen LogP contribution < -0.4 is 27.4 Å². The van der Waals surface area contributed by atoms with Gasteiger partial charge in [0.25, 0.3) is 11.1 Å². The summed E-state index contributed by atoms with van der Waals surface area (Å²) >= 11 is 5.96. The molecule has 10 heteroatoms. The molecule has 0 aliphatic carbocycles. The van der Waals surface area contributed by atoms with E-state index >= 15 is 0 Å². The molecular weight excluding hydrogens is 408 g/mol. The molecule has 160 valence electrons. The van der Waals surface area contributed by atoms with Crippen LogP contribution in [0.1, 0.15) is 38.8 Å². The average molecular weight is 433 g/mol. The molecule has 0 bridgehead atoms. The predicted octanol–water partition coefficient (Wildman–Crippen LogP) is 2.00. The zero-order valence-electron chi connectivity index (χ0n) is 17.0. The minimum absolute atomic E-state index is 0.120. The van der Waals surface area contributed by atoms with Gasteiger partial charge in [-0.3, -0.25) is 23.5 Å². The van der Waals surface area contributed by atoms with Crippen molar-refractivity contribution in [2.45, 2.75) is 46.2 Å². The van der Waals surface area contributed by atoms with Crippen LogP contribution in [-0.2, 0) is 13.1 Å². The summed E-state index contributed by atoms with van der Waals surface area (Å²) in [5.74, 6) is 0.120. The Balaban J connectivity index is 2.06. The summed E-state index contributed by atoms with van der Waals surface area (Å²) < 4.78 is 2.75. The molecule has 0 saturated carbocycles. The number of unbranched alkanes of at least 4 members (excludes halogenated alkanes) is 1. The van der Waals surface area contributed by atoms with Crippen LogP contribution in [0.4, 0.5) is 11.5 Å². The Morgan fingerprint density at radius 1 is 1.20 bits per heavy atom. The number of nitrogens with one attached hydrogen (secondary N) is 1. The van der Waals surface area contributed by atoms with Gasteiger partial charge < -0.3 is 10.6 Å². The fourth-order valence-corrected chi connectivity index (χ4v) is 3.52. The number of nitrogen functional groups attached to an aromatic ring is 1. The van der Waals surface area contributed by atoms with Crippen molar-refractivity contribution in [1.82, 2.24) is 18.9 Å². The lowest BCUT2D eigenvalue weighted by Gasteiger charge is -2.25. The predicted molar refractivity (Wildman–Crippen MR) is 118 cm³/mol. The van der Waals surface area contributed by atoms with Gasteiger partial charge in [-0.25, -0.2) is 9.78 Å². The number of hydrogen-bond donors (Lipinski definition) is 2. The Morgan fingerprint density at radius 3 is 2.67 bits per heavy atom. The maximum Gasteiger partial charge on any atom is 0.330 e. The normalized spacial score (nSPS) is 11.2. The third-order valence-corrected chi connectivity index (χ3v) is 5.01. The summed E-state index contributed by atoms with van der Waals surface area (Å²) in [7, 11) is 0. The minimum atomic E-state index is -0.553. The maximum absolute atomic E-state index is 12.6. The third-order valence-electron chi connectivity index (χ3n) is 4.79. The van der Waals surface area contributed by atoms with Gasteiger partial charge in [-0.15, -0.1) is 0 Å². The van der Waals surface area contributed by atoms with Crippen molar-refractivity contribution >= 4 is 28.8 Å². The summed E-state index contributed by atoms with van der Waals surface area (Å²) in [6.45, 7) is 5.09. The van der Waals surface area contributed by atoms with Crippen molar-refractivity contribution < 1.29 is 0 Å². The van der Waals surface area contributed by atoms with Crippen LogP contribution in [0.5, 0.6) is 0 Å². The van der Waals surface area contributed by atoms with E-state index in [4.69, 9.17) is 17.3 Å². The van der Waals surface area contributed by atoms with Gasteiger partial charge >= 0.3 is 5.69 Å². The highest BCUT2D eigenvalue weighted by molar-refractivity contribution is 6.30. The second kappa shape index (κ2) is 9.17. The zero-order valence-corrected chi connectivity index (χ0v) is 17.8. The van der Waals surface area contributed by atoms with Gasteiger partial charge in [-0.05, 0) is 25.0 Å². The molecule has 9 nitrogen and oxygen atoms in total. The van der Waals surface area contributed by atoms with Crippen LogP contribution in [0.25, 0.3) is 5.65 Å². The molecule has 0 radical (unpaired) electrons. The number of nitrogens with two attached hydrogens (primary N) is 1. The number of anilines is 2. The van der Waals surface area contributed by atoms with Crippen molar-refractivity contribution in [3.05, 3.63) is 66.3 Å². The van der Waals surface area contributed by atoms with E-state index in [0.717, 1.165) is 19.3 Å². The molecule has 0 aromatic carbocycles. The van der Waals surface area contributed by atoms with Crippen LogP contribution in [0.15, 0.2) is 38.8 Å². The van der Waals surface area contributed by atoms with Crippen LogP contribution in [0.2, 0.25) is 5.02 Å². The first-order valence-electron chi connectivity index (χ1n) is 9.91. The van der Waals surface area contributed by atoms with E-state index in [1.807, 2.05) is 13.8 Å². The number of fused-ring (bicyclic) bond motifs is 1. The standard InChI is InChI=1S/C20H25ClN6O3/c1-3-5-9-26-18(22)17(19(29)24-20(26)30)25(8-4-2)12-14-10-16(28)27-11-13(21)6-7-15(27)23-14/h6-7,10-11H,3-5,8-9,12,22H2,1-2H3,(H,24,29,30). The smallest absolute Gasteiger partial charge is 0.330 e.